The number of nitrogens with zero attached hydrogens (tertiary/aromatic N) is 1. The van der Waals surface area contributed by atoms with Crippen LogP contribution in [0.1, 0.15) is 12.8 Å². The zero-order chi connectivity index (χ0) is 6.85. The van der Waals surface area contributed by atoms with Crippen LogP contribution in [-0.2, 0) is 4.79 Å². The summed E-state index contributed by atoms with van der Waals surface area (Å²) in [4.78, 5) is 12.4. The Morgan fingerprint density at radius 1 is 1.56 bits per heavy atom. The highest BCUT2D eigenvalue weighted by molar-refractivity contribution is 5.58. The zero-order valence-electron chi connectivity index (χ0n) is 6.00. The van der Waals surface area contributed by atoms with Gasteiger partial charge in [0, 0.05) is 0 Å². The molecule has 0 bridgehead atoms. The number of hydrogen-bond donors (Lipinski definition) is 0. The van der Waals surface area contributed by atoms with Gasteiger partial charge < -0.3 is 4.79 Å². The van der Waals surface area contributed by atoms with Crippen LogP contribution in [0.3, 0.4) is 0 Å². The minimum absolute atomic E-state index is 0.185. The summed E-state index contributed by atoms with van der Waals surface area (Å²) in [6.45, 7) is 0. The van der Waals surface area contributed by atoms with Crippen LogP contribution in [0.15, 0.2) is 0 Å². The fraction of sp³-hybridized carbons (Fsp3) is 0.857. The van der Waals surface area contributed by atoms with E-state index in [1.807, 2.05) is 19.0 Å². The summed E-state index contributed by atoms with van der Waals surface area (Å²) in [5.74, 6) is 0.664. The molecule has 0 aromatic carbocycles. The van der Waals surface area contributed by atoms with E-state index in [4.69, 9.17) is 0 Å². The topological polar surface area (TPSA) is 20.3 Å². The Labute approximate surface area is 55.8 Å². The van der Waals surface area contributed by atoms with Crippen LogP contribution < -0.4 is 0 Å². The third kappa shape index (κ3) is 1.52. The van der Waals surface area contributed by atoms with Gasteiger partial charge in [0.2, 0.25) is 0 Å². The Hall–Kier alpha value is -0.370. The van der Waals surface area contributed by atoms with Gasteiger partial charge in [0.1, 0.15) is 6.29 Å². The number of aldehydes is 1. The molecule has 52 valence electrons. The molecule has 0 amide bonds. The molecule has 1 aliphatic rings. The van der Waals surface area contributed by atoms with E-state index in [0.29, 0.717) is 5.92 Å². The molecule has 2 heteroatoms. The molecular formula is C7H13NO. The number of rotatable bonds is 3. The Morgan fingerprint density at radius 2 is 2.11 bits per heavy atom. The van der Waals surface area contributed by atoms with E-state index in [0.717, 1.165) is 6.29 Å². The van der Waals surface area contributed by atoms with E-state index in [2.05, 4.69) is 0 Å². The first-order chi connectivity index (χ1) is 4.25. The summed E-state index contributed by atoms with van der Waals surface area (Å²) in [5.41, 5.74) is 0. The second-order valence-corrected chi connectivity index (χ2v) is 2.93. The third-order valence-electron chi connectivity index (χ3n) is 1.84. The van der Waals surface area contributed by atoms with Gasteiger partial charge in [0.15, 0.2) is 0 Å². The van der Waals surface area contributed by atoms with Crippen LogP contribution >= 0.6 is 0 Å². The largest absolute Gasteiger partial charge is 0.302 e. The molecule has 0 radical (unpaired) electrons. The fourth-order valence-corrected chi connectivity index (χ4v) is 1.09. The summed E-state index contributed by atoms with van der Waals surface area (Å²) in [6.07, 6.45) is 3.53. The third-order valence-corrected chi connectivity index (χ3v) is 1.84. The molecule has 1 rings (SSSR count). The molecule has 0 aromatic rings. The number of carbonyl (C=O) groups is 1. The van der Waals surface area contributed by atoms with E-state index < -0.39 is 0 Å². The fourth-order valence-electron chi connectivity index (χ4n) is 1.09. The maximum absolute atomic E-state index is 10.4. The summed E-state index contributed by atoms with van der Waals surface area (Å²) in [7, 11) is 3.91. The molecule has 9 heavy (non-hydrogen) atoms. The molecule has 0 heterocycles. The maximum Gasteiger partial charge on any atom is 0.137 e. The lowest BCUT2D eigenvalue weighted by Crippen LogP contribution is -2.31. The second kappa shape index (κ2) is 2.48. The summed E-state index contributed by atoms with van der Waals surface area (Å²) >= 11 is 0. The van der Waals surface area contributed by atoms with Gasteiger partial charge in [-0.2, -0.15) is 0 Å². The van der Waals surface area contributed by atoms with Crippen molar-refractivity contribution in [2.45, 2.75) is 18.9 Å². The van der Waals surface area contributed by atoms with Gasteiger partial charge in [-0.15, -0.1) is 0 Å². The van der Waals surface area contributed by atoms with Crippen LogP contribution in [-0.4, -0.2) is 31.3 Å². The van der Waals surface area contributed by atoms with Crippen LogP contribution in [0.2, 0.25) is 0 Å². The van der Waals surface area contributed by atoms with Gasteiger partial charge >= 0.3 is 0 Å². The smallest absolute Gasteiger partial charge is 0.137 e. The Balaban J connectivity index is 2.37. The SMILES string of the molecule is CN(C)[C@H](C=O)C1CC1. The predicted octanol–water partition coefficient (Wildman–Crippen LogP) is 0.525. The van der Waals surface area contributed by atoms with Crippen molar-refractivity contribution in [2.75, 3.05) is 14.1 Å². The van der Waals surface area contributed by atoms with Crippen molar-refractivity contribution in [2.24, 2.45) is 5.92 Å². The normalized spacial score (nSPS) is 22.1. The van der Waals surface area contributed by atoms with Crippen molar-refractivity contribution in [3.8, 4) is 0 Å². The van der Waals surface area contributed by atoms with Crippen molar-refractivity contribution < 1.29 is 4.79 Å². The van der Waals surface area contributed by atoms with Gasteiger partial charge in [-0.05, 0) is 32.9 Å². The zero-order valence-corrected chi connectivity index (χ0v) is 6.00. The van der Waals surface area contributed by atoms with Crippen molar-refractivity contribution in [3.63, 3.8) is 0 Å². The molecule has 0 aromatic heterocycles. The monoisotopic (exact) mass is 127 g/mol. The maximum atomic E-state index is 10.4. The van der Waals surface area contributed by atoms with Crippen molar-refractivity contribution in [1.29, 1.82) is 0 Å². The van der Waals surface area contributed by atoms with Crippen LogP contribution in [0, 0.1) is 5.92 Å². The van der Waals surface area contributed by atoms with Crippen LogP contribution in [0.5, 0.6) is 0 Å². The minimum Gasteiger partial charge on any atom is -0.302 e. The molecule has 0 spiro atoms. The van der Waals surface area contributed by atoms with Crippen molar-refractivity contribution in [3.05, 3.63) is 0 Å². The molecule has 1 fully saturated rings. The lowest BCUT2D eigenvalue weighted by Gasteiger charge is -2.16. The molecule has 1 aliphatic carbocycles. The van der Waals surface area contributed by atoms with E-state index in [9.17, 15) is 4.79 Å². The van der Waals surface area contributed by atoms with E-state index in [-0.39, 0.29) is 6.04 Å². The van der Waals surface area contributed by atoms with Gasteiger partial charge in [0.25, 0.3) is 0 Å². The number of carbonyl (C=O) groups excluding carboxylic acids is 1. The predicted molar refractivity (Wildman–Crippen MR) is 36.3 cm³/mol. The van der Waals surface area contributed by atoms with E-state index in [1.54, 1.807) is 0 Å². The van der Waals surface area contributed by atoms with Gasteiger partial charge in [-0.1, -0.05) is 0 Å². The molecule has 0 unspecified atom stereocenters. The van der Waals surface area contributed by atoms with Crippen molar-refractivity contribution >= 4 is 6.29 Å². The molecule has 2 nitrogen and oxygen atoms in total. The minimum atomic E-state index is 0.185. The number of likely N-dealkylation sites (N-methyl/N-ethyl adjacent to an activating group) is 1. The summed E-state index contributed by atoms with van der Waals surface area (Å²) < 4.78 is 0. The van der Waals surface area contributed by atoms with Crippen molar-refractivity contribution in [1.82, 2.24) is 4.90 Å². The lowest BCUT2D eigenvalue weighted by atomic mass is 10.2. The average molecular weight is 127 g/mol. The highest BCUT2D eigenvalue weighted by Crippen LogP contribution is 2.33. The molecule has 0 aliphatic heterocycles. The molecule has 1 saturated carbocycles. The summed E-state index contributed by atoms with van der Waals surface area (Å²) in [6, 6.07) is 0.185. The Bertz CT molecular complexity index is 105. The first kappa shape index (κ1) is 6.75. The molecule has 0 N–H and O–H groups in total. The van der Waals surface area contributed by atoms with Gasteiger partial charge in [-0.25, -0.2) is 0 Å². The highest BCUT2D eigenvalue weighted by Gasteiger charge is 2.31. The summed E-state index contributed by atoms with van der Waals surface area (Å²) in [5, 5.41) is 0. The van der Waals surface area contributed by atoms with Crippen LogP contribution in [0.4, 0.5) is 0 Å². The Kier molecular flexibility index (Phi) is 1.86. The average Bonchev–Trinajstić information content (AvgIpc) is 2.50. The van der Waals surface area contributed by atoms with Gasteiger partial charge in [0.05, 0.1) is 6.04 Å². The van der Waals surface area contributed by atoms with E-state index in [1.165, 1.54) is 12.8 Å². The van der Waals surface area contributed by atoms with E-state index >= 15 is 0 Å². The first-order valence-electron chi connectivity index (χ1n) is 3.37. The van der Waals surface area contributed by atoms with Crippen LogP contribution in [0.25, 0.3) is 0 Å². The second-order valence-electron chi connectivity index (χ2n) is 2.93. The standard InChI is InChI=1S/C7H13NO/c1-8(2)7(5-9)6-3-4-6/h5-7H,3-4H2,1-2H3/t7-/m1/s1. The molecular weight excluding hydrogens is 114 g/mol. The lowest BCUT2D eigenvalue weighted by molar-refractivity contribution is -0.112. The van der Waals surface area contributed by atoms with Gasteiger partial charge in [-0.3, -0.25) is 4.90 Å². The molecule has 0 saturated heterocycles. The molecule has 1 atom stereocenters. The highest BCUT2D eigenvalue weighted by atomic mass is 16.1. The quantitative estimate of drug-likeness (QED) is 0.515. The first-order valence-corrected chi connectivity index (χ1v) is 3.37. The number of hydrogen-bond acceptors (Lipinski definition) is 2. The Morgan fingerprint density at radius 3 is 2.22 bits per heavy atom.